The summed E-state index contributed by atoms with van der Waals surface area (Å²) in [4.78, 5) is 12.6. The second-order valence-electron chi connectivity index (χ2n) is 3.80. The Morgan fingerprint density at radius 1 is 1.44 bits per heavy atom. The van der Waals surface area contributed by atoms with Gasteiger partial charge >= 0.3 is 0 Å². The zero-order valence-corrected chi connectivity index (χ0v) is 11.2. The minimum absolute atomic E-state index is 0.271. The summed E-state index contributed by atoms with van der Waals surface area (Å²) >= 11 is 1.46. The highest BCUT2D eigenvalue weighted by molar-refractivity contribution is 7.99. The molecule has 0 saturated carbocycles. The number of hydrogen-bond acceptors (Lipinski definition) is 6. The molecule has 0 radical (unpaired) electrons. The Hall–Kier alpha value is -1.76. The van der Waals surface area contributed by atoms with Crippen molar-refractivity contribution in [3.8, 4) is 0 Å². The Kier molecular flexibility index (Phi) is 4.03. The molecule has 6 nitrogen and oxygen atoms in total. The van der Waals surface area contributed by atoms with Crippen molar-refractivity contribution >= 4 is 23.5 Å². The molecular formula is C11H16N6S. The molecule has 0 fully saturated rings. The van der Waals surface area contributed by atoms with Gasteiger partial charge in [-0.2, -0.15) is 4.98 Å². The summed E-state index contributed by atoms with van der Waals surface area (Å²) in [5.74, 6) is 1.02. The average Bonchev–Trinajstić information content (AvgIpc) is 2.72. The summed E-state index contributed by atoms with van der Waals surface area (Å²) in [6.45, 7) is 2.96. The SMILES string of the molecule is CCCNc1cc(Sc2nccn2C)nc(N)n1. The van der Waals surface area contributed by atoms with Crippen LogP contribution in [-0.4, -0.2) is 26.1 Å². The number of hydrogen-bond donors (Lipinski definition) is 2. The molecule has 0 amide bonds. The molecule has 0 bridgehead atoms. The maximum atomic E-state index is 5.70. The molecule has 0 atom stereocenters. The minimum atomic E-state index is 0.271. The molecule has 2 rings (SSSR count). The molecule has 0 aromatic carbocycles. The molecule has 0 aliphatic heterocycles. The summed E-state index contributed by atoms with van der Waals surface area (Å²) in [7, 11) is 1.94. The molecule has 0 saturated heterocycles. The lowest BCUT2D eigenvalue weighted by Crippen LogP contribution is -2.05. The summed E-state index contributed by atoms with van der Waals surface area (Å²) in [6.07, 6.45) is 4.68. The maximum Gasteiger partial charge on any atom is 0.223 e. The average molecular weight is 264 g/mol. The first kappa shape index (κ1) is 12.7. The van der Waals surface area contributed by atoms with Gasteiger partial charge in [-0.1, -0.05) is 6.92 Å². The predicted octanol–water partition coefficient (Wildman–Crippen LogP) is 1.77. The van der Waals surface area contributed by atoms with E-state index in [1.807, 2.05) is 23.9 Å². The highest BCUT2D eigenvalue weighted by Gasteiger charge is 2.07. The van der Waals surface area contributed by atoms with Gasteiger partial charge in [0, 0.05) is 32.1 Å². The van der Waals surface area contributed by atoms with Crippen molar-refractivity contribution in [3.63, 3.8) is 0 Å². The van der Waals surface area contributed by atoms with Crippen LogP contribution in [0.25, 0.3) is 0 Å². The van der Waals surface area contributed by atoms with Crippen LogP contribution in [0.5, 0.6) is 0 Å². The number of nitrogens with two attached hydrogens (primary N) is 1. The van der Waals surface area contributed by atoms with Crippen LogP contribution in [0.15, 0.2) is 28.6 Å². The van der Waals surface area contributed by atoms with Crippen LogP contribution in [0.3, 0.4) is 0 Å². The molecule has 2 aromatic heterocycles. The molecule has 0 aliphatic carbocycles. The summed E-state index contributed by atoms with van der Waals surface area (Å²) in [6, 6.07) is 1.88. The van der Waals surface area contributed by atoms with Crippen LogP contribution in [0.1, 0.15) is 13.3 Å². The lowest BCUT2D eigenvalue weighted by molar-refractivity contribution is 0.788. The van der Waals surface area contributed by atoms with Gasteiger partial charge in [0.15, 0.2) is 5.16 Å². The van der Waals surface area contributed by atoms with Crippen LogP contribution >= 0.6 is 11.8 Å². The molecule has 2 heterocycles. The van der Waals surface area contributed by atoms with Crippen molar-refractivity contribution < 1.29 is 0 Å². The van der Waals surface area contributed by atoms with E-state index in [1.165, 1.54) is 11.8 Å². The predicted molar refractivity (Wildman–Crippen MR) is 72.6 cm³/mol. The van der Waals surface area contributed by atoms with Crippen LogP contribution in [0, 0.1) is 0 Å². The minimum Gasteiger partial charge on any atom is -0.370 e. The van der Waals surface area contributed by atoms with E-state index in [4.69, 9.17) is 5.73 Å². The molecule has 18 heavy (non-hydrogen) atoms. The van der Waals surface area contributed by atoms with Crippen LogP contribution in [-0.2, 0) is 7.05 Å². The van der Waals surface area contributed by atoms with Gasteiger partial charge in [0.1, 0.15) is 10.8 Å². The Bertz CT molecular complexity index is 524. The van der Waals surface area contributed by atoms with Crippen molar-refractivity contribution in [2.24, 2.45) is 7.05 Å². The highest BCUT2D eigenvalue weighted by atomic mass is 32.2. The number of nitrogen functional groups attached to an aromatic ring is 1. The monoisotopic (exact) mass is 264 g/mol. The third kappa shape index (κ3) is 3.13. The number of anilines is 2. The molecule has 96 valence electrons. The molecule has 2 aromatic rings. The third-order valence-corrected chi connectivity index (χ3v) is 3.24. The molecule has 0 unspecified atom stereocenters. The van der Waals surface area contributed by atoms with E-state index >= 15 is 0 Å². The van der Waals surface area contributed by atoms with Gasteiger partial charge in [-0.3, -0.25) is 0 Å². The normalized spacial score (nSPS) is 10.6. The van der Waals surface area contributed by atoms with Crippen molar-refractivity contribution in [2.45, 2.75) is 23.5 Å². The van der Waals surface area contributed by atoms with Gasteiger partial charge in [0.05, 0.1) is 0 Å². The Balaban J connectivity index is 2.17. The number of rotatable bonds is 5. The standard InChI is InChI=1S/C11H16N6S/c1-3-4-13-8-7-9(16-10(12)15-8)18-11-14-5-6-17(11)2/h5-7H,3-4H2,1-2H3,(H3,12,13,15,16). The van der Waals surface area contributed by atoms with Crippen molar-refractivity contribution in [3.05, 3.63) is 18.5 Å². The number of aromatic nitrogens is 4. The van der Waals surface area contributed by atoms with Gasteiger partial charge in [0.25, 0.3) is 0 Å². The fourth-order valence-corrected chi connectivity index (χ4v) is 2.20. The van der Waals surface area contributed by atoms with Gasteiger partial charge in [-0.25, -0.2) is 9.97 Å². The van der Waals surface area contributed by atoms with Gasteiger partial charge in [0.2, 0.25) is 5.95 Å². The lowest BCUT2D eigenvalue weighted by atomic mass is 10.4. The number of nitrogens with zero attached hydrogens (tertiary/aromatic N) is 4. The first-order valence-electron chi connectivity index (χ1n) is 5.72. The first-order valence-corrected chi connectivity index (χ1v) is 6.54. The summed E-state index contributed by atoms with van der Waals surface area (Å²) in [5.41, 5.74) is 5.70. The molecule has 7 heteroatoms. The van der Waals surface area contributed by atoms with E-state index in [9.17, 15) is 0 Å². The van der Waals surface area contributed by atoms with E-state index in [0.29, 0.717) is 0 Å². The Labute approximate surface area is 110 Å². The fraction of sp³-hybridized carbons (Fsp3) is 0.364. The fourth-order valence-electron chi connectivity index (χ4n) is 1.38. The Morgan fingerprint density at radius 3 is 2.94 bits per heavy atom. The number of imidazole rings is 1. The van der Waals surface area contributed by atoms with E-state index in [0.717, 1.165) is 29.0 Å². The number of nitrogens with one attached hydrogen (secondary N) is 1. The van der Waals surface area contributed by atoms with E-state index in [1.54, 1.807) is 6.20 Å². The van der Waals surface area contributed by atoms with E-state index < -0.39 is 0 Å². The molecule has 0 spiro atoms. The van der Waals surface area contributed by atoms with Crippen molar-refractivity contribution in [1.82, 2.24) is 19.5 Å². The molecule has 3 N–H and O–H groups in total. The quantitative estimate of drug-likeness (QED) is 0.801. The smallest absolute Gasteiger partial charge is 0.223 e. The summed E-state index contributed by atoms with van der Waals surface area (Å²) in [5, 5.41) is 4.86. The second-order valence-corrected chi connectivity index (χ2v) is 4.79. The van der Waals surface area contributed by atoms with Gasteiger partial charge in [-0.15, -0.1) is 0 Å². The van der Waals surface area contributed by atoms with Crippen molar-refractivity contribution in [2.75, 3.05) is 17.6 Å². The zero-order chi connectivity index (χ0) is 13.0. The maximum absolute atomic E-state index is 5.70. The second kappa shape index (κ2) is 5.72. The third-order valence-electron chi connectivity index (χ3n) is 2.25. The van der Waals surface area contributed by atoms with Crippen LogP contribution < -0.4 is 11.1 Å². The van der Waals surface area contributed by atoms with Crippen LogP contribution in [0.4, 0.5) is 11.8 Å². The van der Waals surface area contributed by atoms with Gasteiger partial charge < -0.3 is 15.6 Å². The topological polar surface area (TPSA) is 81.7 Å². The van der Waals surface area contributed by atoms with Crippen molar-refractivity contribution in [1.29, 1.82) is 0 Å². The highest BCUT2D eigenvalue weighted by Crippen LogP contribution is 2.25. The number of aryl methyl sites for hydroxylation is 1. The van der Waals surface area contributed by atoms with E-state index in [2.05, 4.69) is 27.2 Å². The zero-order valence-electron chi connectivity index (χ0n) is 10.4. The first-order chi connectivity index (χ1) is 8.69. The summed E-state index contributed by atoms with van der Waals surface area (Å²) < 4.78 is 1.93. The Morgan fingerprint density at radius 2 is 2.28 bits per heavy atom. The van der Waals surface area contributed by atoms with E-state index in [-0.39, 0.29) is 5.95 Å². The van der Waals surface area contributed by atoms with Crippen LogP contribution in [0.2, 0.25) is 0 Å². The lowest BCUT2D eigenvalue weighted by Gasteiger charge is -2.07. The largest absolute Gasteiger partial charge is 0.370 e. The molecular weight excluding hydrogens is 248 g/mol. The van der Waals surface area contributed by atoms with Gasteiger partial charge in [-0.05, 0) is 18.2 Å². The molecule has 0 aliphatic rings.